The average molecular weight is 173 g/mol. The first-order chi connectivity index (χ1) is 5.56. The Balaban J connectivity index is 3.65. The summed E-state index contributed by atoms with van der Waals surface area (Å²) in [5.41, 5.74) is 7.08. The molecule has 1 atom stereocenters. The Bertz CT molecular complexity index is 145. The van der Waals surface area contributed by atoms with Gasteiger partial charge in [0, 0.05) is 0 Å². The fourth-order valence-corrected chi connectivity index (χ4v) is 0.905. The third-order valence-corrected chi connectivity index (χ3v) is 1.64. The standard InChI is InChI=1S/C8H19N3O/c1-6(2)4-5-7(3)10-8(9)11-12/h6-7,12H,4-5H2,1-3H3,(H3,9,10,11). The Morgan fingerprint density at radius 3 is 2.42 bits per heavy atom. The van der Waals surface area contributed by atoms with Crippen LogP contribution >= 0.6 is 0 Å². The summed E-state index contributed by atoms with van der Waals surface area (Å²) in [4.78, 5) is 4.00. The minimum Gasteiger partial charge on any atom is -0.368 e. The smallest absolute Gasteiger partial charge is 0.213 e. The Hall–Kier alpha value is -0.770. The van der Waals surface area contributed by atoms with E-state index in [2.05, 4.69) is 18.8 Å². The lowest BCUT2D eigenvalue weighted by Gasteiger charge is -2.08. The summed E-state index contributed by atoms with van der Waals surface area (Å²) < 4.78 is 0. The summed E-state index contributed by atoms with van der Waals surface area (Å²) in [6.45, 7) is 6.32. The third-order valence-electron chi connectivity index (χ3n) is 1.64. The van der Waals surface area contributed by atoms with Crippen LogP contribution in [0.25, 0.3) is 0 Å². The maximum atomic E-state index is 8.36. The molecule has 0 aliphatic heterocycles. The lowest BCUT2D eigenvalue weighted by Crippen LogP contribution is -2.29. The molecule has 0 aliphatic rings. The molecule has 0 fully saturated rings. The highest BCUT2D eigenvalue weighted by Gasteiger charge is 2.01. The van der Waals surface area contributed by atoms with E-state index in [9.17, 15) is 0 Å². The molecular formula is C8H19N3O. The molecule has 0 amide bonds. The first-order valence-corrected chi connectivity index (χ1v) is 4.29. The molecule has 0 rings (SSSR count). The quantitative estimate of drug-likeness (QED) is 0.339. The average Bonchev–Trinajstić information content (AvgIpc) is 2.00. The van der Waals surface area contributed by atoms with Gasteiger partial charge >= 0.3 is 0 Å². The summed E-state index contributed by atoms with van der Waals surface area (Å²) in [5, 5.41) is 8.36. The number of guanidine groups is 1. The van der Waals surface area contributed by atoms with E-state index in [0.29, 0.717) is 5.92 Å². The minimum absolute atomic E-state index is 0.0891. The van der Waals surface area contributed by atoms with Crippen molar-refractivity contribution in [3.05, 3.63) is 0 Å². The van der Waals surface area contributed by atoms with Crippen molar-refractivity contribution in [2.75, 3.05) is 0 Å². The maximum Gasteiger partial charge on any atom is 0.213 e. The number of hydrogen-bond donors (Lipinski definition) is 3. The summed E-state index contributed by atoms with van der Waals surface area (Å²) in [5.74, 6) is 0.775. The van der Waals surface area contributed by atoms with Gasteiger partial charge in [-0.15, -0.1) is 0 Å². The van der Waals surface area contributed by atoms with Crippen molar-refractivity contribution in [1.82, 2.24) is 5.48 Å². The number of hydrogen-bond acceptors (Lipinski definition) is 2. The van der Waals surface area contributed by atoms with E-state index in [4.69, 9.17) is 10.9 Å². The van der Waals surface area contributed by atoms with Crippen LogP contribution in [0.5, 0.6) is 0 Å². The number of hydroxylamine groups is 1. The fourth-order valence-electron chi connectivity index (χ4n) is 0.905. The summed E-state index contributed by atoms with van der Waals surface area (Å²) >= 11 is 0. The van der Waals surface area contributed by atoms with Crippen LogP contribution in [0.2, 0.25) is 0 Å². The number of nitrogens with two attached hydrogens (primary N) is 1. The van der Waals surface area contributed by atoms with Gasteiger partial charge in [-0.2, -0.15) is 0 Å². The molecule has 0 heterocycles. The Morgan fingerprint density at radius 2 is 2.00 bits per heavy atom. The van der Waals surface area contributed by atoms with Crippen molar-refractivity contribution in [3.63, 3.8) is 0 Å². The predicted octanol–water partition coefficient (Wildman–Crippen LogP) is 1.10. The first kappa shape index (κ1) is 11.2. The number of aliphatic imine (C=N–C) groups is 1. The summed E-state index contributed by atoms with van der Waals surface area (Å²) in [6.07, 6.45) is 2.13. The molecule has 1 unspecified atom stereocenters. The van der Waals surface area contributed by atoms with Gasteiger partial charge in [0.2, 0.25) is 5.96 Å². The van der Waals surface area contributed by atoms with Gasteiger partial charge in [0.1, 0.15) is 0 Å². The van der Waals surface area contributed by atoms with E-state index in [1.54, 1.807) is 0 Å². The highest BCUT2D eigenvalue weighted by molar-refractivity contribution is 5.76. The van der Waals surface area contributed by atoms with Crippen molar-refractivity contribution in [3.8, 4) is 0 Å². The number of rotatable bonds is 4. The van der Waals surface area contributed by atoms with Gasteiger partial charge in [0.25, 0.3) is 0 Å². The Labute approximate surface area is 73.8 Å². The Kier molecular flexibility index (Phi) is 5.45. The highest BCUT2D eigenvalue weighted by Crippen LogP contribution is 2.08. The fraction of sp³-hybridized carbons (Fsp3) is 0.875. The van der Waals surface area contributed by atoms with E-state index in [0.717, 1.165) is 12.8 Å². The van der Waals surface area contributed by atoms with E-state index in [1.807, 2.05) is 12.4 Å². The van der Waals surface area contributed by atoms with Crippen LogP contribution in [-0.4, -0.2) is 17.2 Å². The molecule has 0 aromatic rings. The highest BCUT2D eigenvalue weighted by atomic mass is 16.5. The van der Waals surface area contributed by atoms with E-state index >= 15 is 0 Å². The molecular weight excluding hydrogens is 154 g/mol. The molecule has 0 bridgehead atoms. The molecule has 0 radical (unpaired) electrons. The van der Waals surface area contributed by atoms with E-state index in [-0.39, 0.29) is 12.0 Å². The zero-order valence-electron chi connectivity index (χ0n) is 8.04. The number of nitrogens with one attached hydrogen (secondary N) is 1. The van der Waals surface area contributed by atoms with E-state index < -0.39 is 0 Å². The minimum atomic E-state index is 0.0891. The zero-order chi connectivity index (χ0) is 9.56. The van der Waals surface area contributed by atoms with Crippen LogP contribution in [0.15, 0.2) is 4.99 Å². The van der Waals surface area contributed by atoms with Gasteiger partial charge < -0.3 is 5.73 Å². The SMILES string of the molecule is CC(C)CCC(C)N=C(N)NO. The van der Waals surface area contributed by atoms with Crippen LogP contribution in [0.3, 0.4) is 0 Å². The molecule has 4 heteroatoms. The van der Waals surface area contributed by atoms with Gasteiger partial charge in [-0.3, -0.25) is 5.21 Å². The Morgan fingerprint density at radius 1 is 1.42 bits per heavy atom. The van der Waals surface area contributed by atoms with Crippen molar-refractivity contribution < 1.29 is 5.21 Å². The number of nitrogens with zero attached hydrogens (tertiary/aromatic N) is 1. The monoisotopic (exact) mass is 173 g/mol. The van der Waals surface area contributed by atoms with Crippen molar-refractivity contribution in [2.24, 2.45) is 16.6 Å². The van der Waals surface area contributed by atoms with Gasteiger partial charge in [-0.1, -0.05) is 13.8 Å². The van der Waals surface area contributed by atoms with Gasteiger partial charge in [-0.25, -0.2) is 10.5 Å². The molecule has 0 saturated carbocycles. The molecule has 0 aromatic heterocycles. The van der Waals surface area contributed by atoms with Gasteiger partial charge in [-0.05, 0) is 25.7 Å². The van der Waals surface area contributed by atoms with Crippen LogP contribution in [0.4, 0.5) is 0 Å². The third kappa shape index (κ3) is 5.97. The van der Waals surface area contributed by atoms with Crippen molar-refractivity contribution >= 4 is 5.96 Å². The van der Waals surface area contributed by atoms with Crippen LogP contribution < -0.4 is 11.2 Å². The van der Waals surface area contributed by atoms with E-state index in [1.165, 1.54) is 0 Å². The van der Waals surface area contributed by atoms with Crippen molar-refractivity contribution in [2.45, 2.75) is 39.7 Å². The largest absolute Gasteiger partial charge is 0.368 e. The molecule has 0 aromatic carbocycles. The normalized spacial score (nSPS) is 14.9. The molecule has 4 nitrogen and oxygen atoms in total. The lowest BCUT2D eigenvalue weighted by atomic mass is 10.1. The lowest BCUT2D eigenvalue weighted by molar-refractivity contribution is 0.232. The molecule has 0 spiro atoms. The second kappa shape index (κ2) is 5.83. The van der Waals surface area contributed by atoms with Crippen LogP contribution in [-0.2, 0) is 0 Å². The maximum absolute atomic E-state index is 8.36. The van der Waals surface area contributed by atoms with Crippen LogP contribution in [0, 0.1) is 5.92 Å². The van der Waals surface area contributed by atoms with Crippen LogP contribution in [0.1, 0.15) is 33.6 Å². The second-order valence-corrected chi connectivity index (χ2v) is 3.45. The van der Waals surface area contributed by atoms with Gasteiger partial charge in [0.15, 0.2) is 0 Å². The summed E-state index contributed by atoms with van der Waals surface area (Å²) in [7, 11) is 0. The van der Waals surface area contributed by atoms with Crippen molar-refractivity contribution in [1.29, 1.82) is 0 Å². The molecule has 0 aliphatic carbocycles. The topological polar surface area (TPSA) is 70.6 Å². The summed E-state index contributed by atoms with van der Waals surface area (Å²) in [6, 6.07) is 0.173. The van der Waals surface area contributed by atoms with Gasteiger partial charge in [0.05, 0.1) is 6.04 Å². The molecule has 72 valence electrons. The molecule has 4 N–H and O–H groups in total. The molecule has 0 saturated heterocycles. The predicted molar refractivity (Wildman–Crippen MR) is 50.1 cm³/mol. The first-order valence-electron chi connectivity index (χ1n) is 4.29. The zero-order valence-corrected chi connectivity index (χ0v) is 8.04. The molecule has 12 heavy (non-hydrogen) atoms. The second-order valence-electron chi connectivity index (χ2n) is 3.45.